The molecule has 2 fully saturated rings. The number of carbonyl (C=O) groups is 3. The Hall–Kier alpha value is -2.81. The highest BCUT2D eigenvalue weighted by atomic mass is 16.5. The summed E-state index contributed by atoms with van der Waals surface area (Å²) in [5.41, 5.74) is 1.10. The second kappa shape index (κ2) is 9.60. The van der Waals surface area contributed by atoms with Gasteiger partial charge in [-0.05, 0) is 24.3 Å². The van der Waals surface area contributed by atoms with E-state index in [1.165, 1.54) is 7.11 Å². The number of nitrogens with one attached hydrogen (secondary N) is 1. The molecule has 0 aliphatic carbocycles. The fourth-order valence-corrected chi connectivity index (χ4v) is 3.70. The highest BCUT2D eigenvalue weighted by molar-refractivity contribution is 5.88. The van der Waals surface area contributed by atoms with Crippen LogP contribution >= 0.6 is 0 Å². The lowest BCUT2D eigenvalue weighted by Crippen LogP contribution is -2.59. The van der Waals surface area contributed by atoms with Crippen LogP contribution in [0, 0.1) is 0 Å². The van der Waals surface area contributed by atoms with Crippen molar-refractivity contribution in [2.24, 2.45) is 0 Å². The van der Waals surface area contributed by atoms with Gasteiger partial charge >= 0.3 is 5.97 Å². The topological polar surface area (TPSA) is 91.4 Å². The van der Waals surface area contributed by atoms with Crippen LogP contribution in [-0.4, -0.2) is 93.7 Å². The summed E-state index contributed by atoms with van der Waals surface area (Å²) in [6.45, 7) is 3.84. The molecule has 1 aromatic carbocycles. The van der Waals surface area contributed by atoms with E-state index in [1.54, 1.807) is 12.0 Å². The van der Waals surface area contributed by atoms with Crippen molar-refractivity contribution < 1.29 is 23.9 Å². The molecule has 3 rings (SSSR count). The molecule has 1 aromatic rings. The summed E-state index contributed by atoms with van der Waals surface area (Å²) in [6, 6.07) is 7.21. The normalized spacial score (nSPS) is 20.2. The van der Waals surface area contributed by atoms with Crippen molar-refractivity contribution in [3.63, 3.8) is 0 Å². The lowest BCUT2D eigenvalue weighted by atomic mass is 10.1. The molecule has 0 radical (unpaired) electrons. The van der Waals surface area contributed by atoms with Gasteiger partial charge < -0.3 is 24.6 Å². The van der Waals surface area contributed by atoms with Gasteiger partial charge in [0.1, 0.15) is 11.8 Å². The van der Waals surface area contributed by atoms with Crippen LogP contribution in [0.4, 0.5) is 5.69 Å². The Kier molecular flexibility index (Phi) is 6.92. The first-order chi connectivity index (χ1) is 14.0. The second-order valence-corrected chi connectivity index (χ2v) is 7.12. The molecule has 0 spiro atoms. The maximum Gasteiger partial charge on any atom is 0.307 e. The molecule has 1 atom stereocenters. The average molecular weight is 404 g/mol. The first-order valence-corrected chi connectivity index (χ1v) is 9.77. The number of amides is 2. The number of piperazine rings is 2. The quantitative estimate of drug-likeness (QED) is 0.652. The minimum absolute atomic E-state index is 0.0241. The summed E-state index contributed by atoms with van der Waals surface area (Å²) in [7, 11) is 2.93. The predicted octanol–water partition coefficient (Wildman–Crippen LogP) is -0.293. The number of rotatable bonds is 6. The smallest absolute Gasteiger partial charge is 0.307 e. The summed E-state index contributed by atoms with van der Waals surface area (Å²) in [6.07, 6.45) is -0.0547. The summed E-state index contributed by atoms with van der Waals surface area (Å²) in [5.74, 6) is 0.0926. The summed E-state index contributed by atoms with van der Waals surface area (Å²) >= 11 is 0. The van der Waals surface area contributed by atoms with E-state index < -0.39 is 12.0 Å². The fraction of sp³-hybridized carbons (Fsp3) is 0.550. The van der Waals surface area contributed by atoms with Crippen LogP contribution in [0.2, 0.25) is 0 Å². The van der Waals surface area contributed by atoms with E-state index in [2.05, 4.69) is 15.0 Å². The molecule has 2 heterocycles. The van der Waals surface area contributed by atoms with Gasteiger partial charge in [-0.2, -0.15) is 0 Å². The van der Waals surface area contributed by atoms with Crippen molar-refractivity contribution in [3.8, 4) is 5.75 Å². The van der Waals surface area contributed by atoms with Crippen molar-refractivity contribution in [1.29, 1.82) is 0 Å². The molecule has 2 amide bonds. The summed E-state index contributed by atoms with van der Waals surface area (Å²) in [5, 5.41) is 2.75. The number of hydrogen-bond donors (Lipinski definition) is 1. The number of carbonyl (C=O) groups excluding carboxylic acids is 3. The largest absolute Gasteiger partial charge is 0.497 e. The zero-order valence-electron chi connectivity index (χ0n) is 16.9. The molecule has 158 valence electrons. The van der Waals surface area contributed by atoms with E-state index in [0.29, 0.717) is 26.2 Å². The first-order valence-electron chi connectivity index (χ1n) is 9.77. The van der Waals surface area contributed by atoms with E-state index in [1.807, 2.05) is 29.2 Å². The summed E-state index contributed by atoms with van der Waals surface area (Å²) < 4.78 is 9.88. The number of anilines is 1. The van der Waals surface area contributed by atoms with Crippen LogP contribution in [0.25, 0.3) is 0 Å². The predicted molar refractivity (Wildman–Crippen MR) is 107 cm³/mol. The van der Waals surface area contributed by atoms with Crippen LogP contribution in [-0.2, 0) is 19.1 Å². The van der Waals surface area contributed by atoms with Gasteiger partial charge in [0.05, 0.1) is 27.2 Å². The Bertz CT molecular complexity index is 731. The van der Waals surface area contributed by atoms with E-state index in [-0.39, 0.29) is 24.8 Å². The molecule has 0 aromatic heterocycles. The zero-order valence-corrected chi connectivity index (χ0v) is 16.9. The minimum atomic E-state index is -0.666. The van der Waals surface area contributed by atoms with Crippen molar-refractivity contribution in [1.82, 2.24) is 15.1 Å². The van der Waals surface area contributed by atoms with Crippen molar-refractivity contribution in [3.05, 3.63) is 24.3 Å². The molecular formula is C20H28N4O5. The van der Waals surface area contributed by atoms with Crippen molar-refractivity contribution >= 4 is 23.5 Å². The van der Waals surface area contributed by atoms with Gasteiger partial charge in [-0.25, -0.2) is 0 Å². The average Bonchev–Trinajstić information content (AvgIpc) is 2.76. The van der Waals surface area contributed by atoms with Crippen molar-refractivity contribution in [2.75, 3.05) is 64.9 Å². The van der Waals surface area contributed by atoms with Gasteiger partial charge in [0.25, 0.3) is 0 Å². The Morgan fingerprint density at radius 1 is 1.07 bits per heavy atom. The molecule has 2 saturated heterocycles. The Labute approximate surface area is 170 Å². The van der Waals surface area contributed by atoms with Crippen molar-refractivity contribution in [2.45, 2.75) is 12.5 Å². The Morgan fingerprint density at radius 3 is 2.38 bits per heavy atom. The monoisotopic (exact) mass is 404 g/mol. The highest BCUT2D eigenvalue weighted by Gasteiger charge is 2.34. The molecule has 0 unspecified atom stereocenters. The van der Waals surface area contributed by atoms with Gasteiger partial charge in [-0.3, -0.25) is 19.3 Å². The molecule has 2 aliphatic rings. The van der Waals surface area contributed by atoms with Crippen LogP contribution in [0.3, 0.4) is 0 Å². The van der Waals surface area contributed by atoms with Crippen LogP contribution in [0.15, 0.2) is 24.3 Å². The molecule has 2 aliphatic heterocycles. The Morgan fingerprint density at radius 2 is 1.76 bits per heavy atom. The van der Waals surface area contributed by atoms with Gasteiger partial charge in [0.2, 0.25) is 11.8 Å². The number of hydrogen-bond acceptors (Lipinski definition) is 7. The second-order valence-electron chi connectivity index (χ2n) is 7.12. The third kappa shape index (κ3) is 5.17. The lowest BCUT2D eigenvalue weighted by Gasteiger charge is -2.39. The first kappa shape index (κ1) is 20.9. The van der Waals surface area contributed by atoms with Gasteiger partial charge in [0, 0.05) is 45.0 Å². The van der Waals surface area contributed by atoms with Gasteiger partial charge in [0.15, 0.2) is 0 Å². The van der Waals surface area contributed by atoms with Crippen LogP contribution in [0.1, 0.15) is 6.42 Å². The fourth-order valence-electron chi connectivity index (χ4n) is 3.70. The van der Waals surface area contributed by atoms with Crippen LogP contribution in [0.5, 0.6) is 5.75 Å². The number of nitrogens with zero attached hydrogens (tertiary/aromatic N) is 3. The van der Waals surface area contributed by atoms with Gasteiger partial charge in [-0.1, -0.05) is 0 Å². The molecular weight excluding hydrogens is 376 g/mol. The number of esters is 1. The minimum Gasteiger partial charge on any atom is -0.497 e. The zero-order chi connectivity index (χ0) is 20.8. The number of benzene rings is 1. The highest BCUT2D eigenvalue weighted by Crippen LogP contribution is 2.20. The maximum atomic E-state index is 12.8. The van der Waals surface area contributed by atoms with Crippen LogP contribution < -0.4 is 15.0 Å². The molecule has 1 N–H and O–H groups in total. The maximum absolute atomic E-state index is 12.8. The molecule has 29 heavy (non-hydrogen) atoms. The van der Waals surface area contributed by atoms with E-state index in [4.69, 9.17) is 4.74 Å². The Balaban J connectivity index is 1.54. The molecule has 9 heteroatoms. The number of ether oxygens (including phenoxy) is 2. The molecule has 0 saturated carbocycles. The lowest BCUT2D eigenvalue weighted by molar-refractivity contribution is -0.147. The third-order valence-corrected chi connectivity index (χ3v) is 5.44. The van der Waals surface area contributed by atoms with E-state index in [9.17, 15) is 14.4 Å². The van der Waals surface area contributed by atoms with E-state index in [0.717, 1.165) is 24.5 Å². The third-order valence-electron chi connectivity index (χ3n) is 5.44. The molecule has 0 bridgehead atoms. The number of methoxy groups -OCH3 is 2. The summed E-state index contributed by atoms with van der Waals surface area (Å²) in [4.78, 5) is 42.4. The SMILES string of the molecule is COC(=O)C[C@@H]1C(=O)NCCN1CC(=O)N1CCN(c2ccc(OC)cc2)CC1. The van der Waals surface area contributed by atoms with E-state index >= 15 is 0 Å². The van der Waals surface area contributed by atoms with Gasteiger partial charge in [-0.15, -0.1) is 0 Å². The standard InChI is InChI=1S/C20H28N4O5/c1-28-16-5-3-15(4-6-16)22-9-11-23(12-10-22)18(25)14-24-8-7-21-20(27)17(24)13-19(26)29-2/h3-6,17H,7-14H2,1-2H3,(H,21,27)/t17-/m1/s1. The molecule has 9 nitrogen and oxygen atoms in total.